The molecule has 0 bridgehead atoms. The maximum absolute atomic E-state index is 12.5. The third kappa shape index (κ3) is 2.88. The molecule has 1 aliphatic rings. The molecule has 1 aromatic carbocycles. The Morgan fingerprint density at radius 2 is 2.20 bits per heavy atom. The number of nitrogens with two attached hydrogens (primary N) is 1. The SMILES string of the molecule is CNC(=O)C1CCCN(C(=O)c2cccc(N)c2Cl)C1. The van der Waals surface area contributed by atoms with Crippen molar-refractivity contribution in [3.63, 3.8) is 0 Å². The number of hydrogen-bond donors (Lipinski definition) is 2. The molecule has 1 aromatic rings. The van der Waals surface area contributed by atoms with Gasteiger partial charge in [-0.2, -0.15) is 0 Å². The van der Waals surface area contributed by atoms with Crippen LogP contribution in [-0.4, -0.2) is 36.9 Å². The first kappa shape index (κ1) is 14.7. The van der Waals surface area contributed by atoms with Crippen molar-refractivity contribution in [2.45, 2.75) is 12.8 Å². The largest absolute Gasteiger partial charge is 0.398 e. The Morgan fingerprint density at radius 1 is 1.45 bits per heavy atom. The first-order chi connectivity index (χ1) is 9.54. The van der Waals surface area contributed by atoms with Gasteiger partial charge in [0.05, 0.1) is 22.2 Å². The van der Waals surface area contributed by atoms with E-state index >= 15 is 0 Å². The van der Waals surface area contributed by atoms with Gasteiger partial charge in [0.15, 0.2) is 0 Å². The quantitative estimate of drug-likeness (QED) is 0.812. The molecule has 0 radical (unpaired) electrons. The van der Waals surface area contributed by atoms with Crippen molar-refractivity contribution in [1.82, 2.24) is 10.2 Å². The summed E-state index contributed by atoms with van der Waals surface area (Å²) in [5, 5.41) is 2.91. The maximum Gasteiger partial charge on any atom is 0.255 e. The van der Waals surface area contributed by atoms with Crippen molar-refractivity contribution in [2.24, 2.45) is 5.92 Å². The van der Waals surface area contributed by atoms with Gasteiger partial charge in [-0.05, 0) is 25.0 Å². The molecule has 0 aliphatic carbocycles. The smallest absolute Gasteiger partial charge is 0.255 e. The van der Waals surface area contributed by atoms with Gasteiger partial charge in [-0.3, -0.25) is 9.59 Å². The Hall–Kier alpha value is -1.75. The molecule has 1 fully saturated rings. The zero-order valence-corrected chi connectivity index (χ0v) is 12.1. The van der Waals surface area contributed by atoms with Crippen LogP contribution in [0.15, 0.2) is 18.2 Å². The number of amides is 2. The van der Waals surface area contributed by atoms with E-state index in [1.807, 2.05) is 0 Å². The lowest BCUT2D eigenvalue weighted by atomic mass is 9.96. The number of benzene rings is 1. The second-order valence-corrected chi connectivity index (χ2v) is 5.29. The summed E-state index contributed by atoms with van der Waals surface area (Å²) in [5.74, 6) is -0.352. The fourth-order valence-electron chi connectivity index (χ4n) is 2.47. The fourth-order valence-corrected chi connectivity index (χ4v) is 2.67. The average Bonchev–Trinajstić information content (AvgIpc) is 2.48. The van der Waals surface area contributed by atoms with Gasteiger partial charge < -0.3 is 16.0 Å². The number of anilines is 1. The summed E-state index contributed by atoms with van der Waals surface area (Å²) in [7, 11) is 1.61. The Kier molecular flexibility index (Phi) is 4.49. The van der Waals surface area contributed by atoms with Crippen molar-refractivity contribution in [3.05, 3.63) is 28.8 Å². The van der Waals surface area contributed by atoms with E-state index in [0.717, 1.165) is 12.8 Å². The second kappa shape index (κ2) is 6.13. The van der Waals surface area contributed by atoms with Crippen LogP contribution in [0.1, 0.15) is 23.2 Å². The van der Waals surface area contributed by atoms with Gasteiger partial charge in [0.1, 0.15) is 0 Å². The van der Waals surface area contributed by atoms with Gasteiger partial charge in [0, 0.05) is 20.1 Å². The molecule has 3 N–H and O–H groups in total. The zero-order valence-electron chi connectivity index (χ0n) is 11.4. The first-order valence-corrected chi connectivity index (χ1v) is 6.97. The van der Waals surface area contributed by atoms with Gasteiger partial charge >= 0.3 is 0 Å². The molecule has 1 atom stereocenters. The highest BCUT2D eigenvalue weighted by atomic mass is 35.5. The van der Waals surface area contributed by atoms with Gasteiger partial charge in [-0.1, -0.05) is 17.7 Å². The Morgan fingerprint density at radius 3 is 2.90 bits per heavy atom. The highest BCUT2D eigenvalue weighted by molar-refractivity contribution is 6.36. The minimum Gasteiger partial charge on any atom is -0.398 e. The number of carbonyl (C=O) groups excluding carboxylic acids is 2. The second-order valence-electron chi connectivity index (χ2n) is 4.91. The summed E-state index contributed by atoms with van der Waals surface area (Å²) in [5.41, 5.74) is 6.50. The predicted octanol–water partition coefficient (Wildman–Crippen LogP) is 1.52. The molecule has 5 nitrogen and oxygen atoms in total. The van der Waals surface area contributed by atoms with E-state index in [-0.39, 0.29) is 22.8 Å². The number of carbonyl (C=O) groups is 2. The predicted molar refractivity (Wildman–Crippen MR) is 78.6 cm³/mol. The number of nitrogen functional groups attached to an aromatic ring is 1. The molecule has 2 rings (SSSR count). The van der Waals surface area contributed by atoms with Crippen molar-refractivity contribution < 1.29 is 9.59 Å². The lowest BCUT2D eigenvalue weighted by molar-refractivity contribution is -0.125. The van der Waals surface area contributed by atoms with E-state index < -0.39 is 0 Å². The van der Waals surface area contributed by atoms with Gasteiger partial charge in [-0.25, -0.2) is 0 Å². The van der Waals surface area contributed by atoms with Crippen LogP contribution in [0.2, 0.25) is 5.02 Å². The Balaban J connectivity index is 2.16. The topological polar surface area (TPSA) is 75.4 Å². The molecule has 108 valence electrons. The van der Waals surface area contributed by atoms with Crippen molar-refractivity contribution in [3.8, 4) is 0 Å². The number of nitrogens with one attached hydrogen (secondary N) is 1. The number of likely N-dealkylation sites (tertiary alicyclic amines) is 1. The highest BCUT2D eigenvalue weighted by Crippen LogP contribution is 2.26. The third-order valence-corrected chi connectivity index (χ3v) is 4.01. The molecule has 2 amide bonds. The maximum atomic E-state index is 12.5. The minimum absolute atomic E-state index is 0.0267. The van der Waals surface area contributed by atoms with Crippen LogP contribution in [0, 0.1) is 5.92 Å². The van der Waals surface area contributed by atoms with Gasteiger partial charge in [0.25, 0.3) is 5.91 Å². The lowest BCUT2D eigenvalue weighted by Crippen LogP contribution is -2.44. The molecular formula is C14H18ClN3O2. The molecule has 0 aromatic heterocycles. The van der Waals surface area contributed by atoms with E-state index in [2.05, 4.69) is 5.32 Å². The number of rotatable bonds is 2. The summed E-state index contributed by atoms with van der Waals surface area (Å²) in [6.07, 6.45) is 1.61. The van der Waals surface area contributed by atoms with Crippen LogP contribution in [0.4, 0.5) is 5.69 Å². The van der Waals surface area contributed by atoms with E-state index in [1.165, 1.54) is 0 Å². The molecule has 1 aliphatic heterocycles. The Labute approximate surface area is 123 Å². The van der Waals surface area contributed by atoms with E-state index in [4.69, 9.17) is 17.3 Å². The number of hydrogen-bond acceptors (Lipinski definition) is 3. The monoisotopic (exact) mass is 295 g/mol. The summed E-state index contributed by atoms with van der Waals surface area (Å²) in [6, 6.07) is 5.02. The van der Waals surface area contributed by atoms with Crippen molar-refractivity contribution in [2.75, 3.05) is 25.9 Å². The summed E-state index contributed by atoms with van der Waals surface area (Å²) in [4.78, 5) is 25.9. The molecule has 1 unspecified atom stereocenters. The van der Waals surface area contributed by atoms with E-state index in [9.17, 15) is 9.59 Å². The van der Waals surface area contributed by atoms with E-state index in [0.29, 0.717) is 24.3 Å². The molecule has 0 saturated carbocycles. The average molecular weight is 296 g/mol. The first-order valence-electron chi connectivity index (χ1n) is 6.59. The van der Waals surface area contributed by atoms with Crippen LogP contribution in [0.25, 0.3) is 0 Å². The van der Waals surface area contributed by atoms with Crippen molar-refractivity contribution >= 4 is 29.1 Å². The van der Waals surface area contributed by atoms with Crippen LogP contribution < -0.4 is 11.1 Å². The number of piperidine rings is 1. The summed E-state index contributed by atoms with van der Waals surface area (Å²) >= 11 is 6.08. The van der Waals surface area contributed by atoms with Crippen LogP contribution in [-0.2, 0) is 4.79 Å². The molecule has 1 heterocycles. The van der Waals surface area contributed by atoms with E-state index in [1.54, 1.807) is 30.1 Å². The zero-order chi connectivity index (χ0) is 14.7. The number of nitrogens with zero attached hydrogens (tertiary/aromatic N) is 1. The Bertz CT molecular complexity index is 533. The standard InChI is InChI=1S/C14H18ClN3O2/c1-17-13(19)9-4-3-7-18(8-9)14(20)10-5-2-6-11(16)12(10)15/h2,5-6,9H,3-4,7-8,16H2,1H3,(H,17,19). The summed E-state index contributed by atoms with van der Waals surface area (Å²) < 4.78 is 0. The molecule has 1 saturated heterocycles. The van der Waals surface area contributed by atoms with Crippen LogP contribution >= 0.6 is 11.6 Å². The van der Waals surface area contributed by atoms with Crippen LogP contribution in [0.3, 0.4) is 0 Å². The fraction of sp³-hybridized carbons (Fsp3) is 0.429. The van der Waals surface area contributed by atoms with Gasteiger partial charge in [0.2, 0.25) is 5.91 Å². The van der Waals surface area contributed by atoms with Crippen LogP contribution in [0.5, 0.6) is 0 Å². The van der Waals surface area contributed by atoms with Crippen molar-refractivity contribution in [1.29, 1.82) is 0 Å². The molecule has 0 spiro atoms. The summed E-state index contributed by atoms with van der Waals surface area (Å²) in [6.45, 7) is 1.06. The van der Waals surface area contributed by atoms with Gasteiger partial charge in [-0.15, -0.1) is 0 Å². The number of halogens is 1. The highest BCUT2D eigenvalue weighted by Gasteiger charge is 2.29. The molecule has 20 heavy (non-hydrogen) atoms. The third-order valence-electron chi connectivity index (χ3n) is 3.58. The minimum atomic E-state index is -0.170. The lowest BCUT2D eigenvalue weighted by Gasteiger charge is -2.32. The molecule has 6 heteroatoms. The normalized spacial score (nSPS) is 18.7. The molecular weight excluding hydrogens is 278 g/mol.